The number of hydrogen-bond donors (Lipinski definition) is 2. The zero-order chi connectivity index (χ0) is 14.5. The van der Waals surface area contributed by atoms with Crippen LogP contribution in [0.2, 0.25) is 5.02 Å². The van der Waals surface area contributed by atoms with Crippen molar-refractivity contribution in [3.05, 3.63) is 23.2 Å². The quantitative estimate of drug-likeness (QED) is 0.810. The Labute approximate surface area is 129 Å². The van der Waals surface area contributed by atoms with Crippen molar-refractivity contribution < 1.29 is 4.79 Å². The summed E-state index contributed by atoms with van der Waals surface area (Å²) in [5, 5.41) is 7.45. The SMILES string of the molecule is CC(C)Sc1ccc(Cl)cc1NC(=O)CC1CCCN1. The van der Waals surface area contributed by atoms with E-state index in [-0.39, 0.29) is 5.91 Å². The number of hydrogen-bond acceptors (Lipinski definition) is 3. The van der Waals surface area contributed by atoms with Gasteiger partial charge in [0.15, 0.2) is 0 Å². The highest BCUT2D eigenvalue weighted by Gasteiger charge is 2.18. The van der Waals surface area contributed by atoms with Crippen LogP contribution in [0.4, 0.5) is 5.69 Å². The third kappa shape index (κ3) is 4.69. The Kier molecular flexibility index (Phi) is 5.75. The molecule has 1 fully saturated rings. The van der Waals surface area contributed by atoms with Gasteiger partial charge in [0.05, 0.1) is 5.69 Å². The minimum absolute atomic E-state index is 0.0530. The molecule has 110 valence electrons. The molecule has 1 aromatic carbocycles. The highest BCUT2D eigenvalue weighted by molar-refractivity contribution is 8.00. The second-order valence-corrected chi connectivity index (χ2v) is 7.41. The molecule has 0 spiro atoms. The average Bonchev–Trinajstić information content (AvgIpc) is 2.84. The maximum atomic E-state index is 12.1. The summed E-state index contributed by atoms with van der Waals surface area (Å²) in [5.74, 6) is 0.0530. The Morgan fingerprint density at radius 2 is 2.35 bits per heavy atom. The van der Waals surface area contributed by atoms with Crippen LogP contribution >= 0.6 is 23.4 Å². The van der Waals surface area contributed by atoms with E-state index in [1.54, 1.807) is 11.8 Å². The summed E-state index contributed by atoms with van der Waals surface area (Å²) in [7, 11) is 0. The first-order chi connectivity index (χ1) is 9.54. The zero-order valence-electron chi connectivity index (χ0n) is 11.9. The van der Waals surface area contributed by atoms with Crippen molar-refractivity contribution in [2.24, 2.45) is 0 Å². The molecule has 1 unspecified atom stereocenters. The van der Waals surface area contributed by atoms with E-state index in [0.717, 1.165) is 30.0 Å². The standard InChI is InChI=1S/C15H21ClN2OS/c1-10(2)20-14-6-5-11(16)8-13(14)18-15(19)9-12-4-3-7-17-12/h5-6,8,10,12,17H,3-4,7,9H2,1-2H3,(H,18,19). The van der Waals surface area contributed by atoms with Crippen LogP contribution < -0.4 is 10.6 Å². The highest BCUT2D eigenvalue weighted by atomic mass is 35.5. The first-order valence-electron chi connectivity index (χ1n) is 7.04. The zero-order valence-corrected chi connectivity index (χ0v) is 13.5. The number of carbonyl (C=O) groups excluding carboxylic acids is 1. The van der Waals surface area contributed by atoms with Gasteiger partial charge >= 0.3 is 0 Å². The minimum atomic E-state index is 0.0530. The Morgan fingerprint density at radius 3 is 3.00 bits per heavy atom. The number of benzene rings is 1. The largest absolute Gasteiger partial charge is 0.325 e. The smallest absolute Gasteiger partial charge is 0.225 e. The van der Waals surface area contributed by atoms with Crippen molar-refractivity contribution in [3.63, 3.8) is 0 Å². The third-order valence-corrected chi connectivity index (χ3v) is 4.49. The molecule has 1 atom stereocenters. The molecule has 1 amide bonds. The molecular weight excluding hydrogens is 292 g/mol. The monoisotopic (exact) mass is 312 g/mol. The lowest BCUT2D eigenvalue weighted by molar-refractivity contribution is -0.116. The van der Waals surface area contributed by atoms with Crippen molar-refractivity contribution in [2.45, 2.75) is 49.3 Å². The van der Waals surface area contributed by atoms with E-state index in [1.807, 2.05) is 18.2 Å². The molecule has 20 heavy (non-hydrogen) atoms. The molecule has 1 aliphatic heterocycles. The van der Waals surface area contributed by atoms with E-state index in [2.05, 4.69) is 24.5 Å². The lowest BCUT2D eigenvalue weighted by atomic mass is 10.1. The Bertz CT molecular complexity index is 473. The molecule has 3 nitrogen and oxygen atoms in total. The van der Waals surface area contributed by atoms with E-state index >= 15 is 0 Å². The van der Waals surface area contributed by atoms with Crippen LogP contribution in [-0.4, -0.2) is 23.7 Å². The lowest BCUT2D eigenvalue weighted by Gasteiger charge is -2.14. The van der Waals surface area contributed by atoms with Gasteiger partial charge in [0.2, 0.25) is 5.91 Å². The fraction of sp³-hybridized carbons (Fsp3) is 0.533. The molecule has 1 heterocycles. The molecule has 1 saturated heterocycles. The predicted octanol–water partition coefficient (Wildman–Crippen LogP) is 3.92. The van der Waals surface area contributed by atoms with Crippen LogP contribution in [0.3, 0.4) is 0 Å². The van der Waals surface area contributed by atoms with Crippen LogP contribution in [0.25, 0.3) is 0 Å². The number of rotatable bonds is 5. The van der Waals surface area contributed by atoms with Crippen molar-refractivity contribution in [2.75, 3.05) is 11.9 Å². The second-order valence-electron chi connectivity index (χ2n) is 5.35. The van der Waals surface area contributed by atoms with E-state index in [0.29, 0.717) is 22.7 Å². The molecule has 0 aromatic heterocycles. The molecule has 5 heteroatoms. The van der Waals surface area contributed by atoms with Gasteiger partial charge in [0.1, 0.15) is 0 Å². The molecule has 1 aliphatic rings. The van der Waals surface area contributed by atoms with Crippen LogP contribution in [0.5, 0.6) is 0 Å². The normalized spacial score (nSPS) is 18.5. The van der Waals surface area contributed by atoms with E-state index in [9.17, 15) is 4.79 Å². The van der Waals surface area contributed by atoms with Gasteiger partial charge in [-0.1, -0.05) is 25.4 Å². The highest BCUT2D eigenvalue weighted by Crippen LogP contribution is 2.32. The number of anilines is 1. The number of carbonyl (C=O) groups is 1. The first kappa shape index (κ1) is 15.7. The summed E-state index contributed by atoms with van der Waals surface area (Å²) >= 11 is 7.76. The number of halogens is 1. The Hall–Kier alpha value is -0.710. The summed E-state index contributed by atoms with van der Waals surface area (Å²) in [6.07, 6.45) is 2.76. The molecule has 2 rings (SSSR count). The van der Waals surface area contributed by atoms with Crippen LogP contribution in [-0.2, 0) is 4.79 Å². The summed E-state index contributed by atoms with van der Waals surface area (Å²) in [6.45, 7) is 5.28. The van der Waals surface area contributed by atoms with Crippen LogP contribution in [0, 0.1) is 0 Å². The van der Waals surface area contributed by atoms with E-state index < -0.39 is 0 Å². The summed E-state index contributed by atoms with van der Waals surface area (Å²) in [5.41, 5.74) is 0.819. The van der Waals surface area contributed by atoms with E-state index in [1.165, 1.54) is 0 Å². The van der Waals surface area contributed by atoms with Crippen molar-refractivity contribution in [1.29, 1.82) is 0 Å². The molecule has 0 radical (unpaired) electrons. The van der Waals surface area contributed by atoms with Crippen LogP contribution in [0.15, 0.2) is 23.1 Å². The molecule has 2 N–H and O–H groups in total. The fourth-order valence-corrected chi connectivity index (χ4v) is 3.38. The second kappa shape index (κ2) is 7.34. The van der Waals surface area contributed by atoms with Gasteiger partial charge in [-0.25, -0.2) is 0 Å². The lowest BCUT2D eigenvalue weighted by Crippen LogP contribution is -2.27. The molecule has 0 aliphatic carbocycles. The predicted molar refractivity (Wildman–Crippen MR) is 86.7 cm³/mol. The number of amides is 1. The molecular formula is C15H21ClN2OS. The molecule has 0 saturated carbocycles. The van der Waals surface area contributed by atoms with Gasteiger partial charge in [-0.3, -0.25) is 4.79 Å². The summed E-state index contributed by atoms with van der Waals surface area (Å²) in [6, 6.07) is 5.97. The van der Waals surface area contributed by atoms with Crippen molar-refractivity contribution >= 4 is 35.0 Å². The summed E-state index contributed by atoms with van der Waals surface area (Å²) < 4.78 is 0. The maximum Gasteiger partial charge on any atom is 0.225 e. The van der Waals surface area contributed by atoms with Gasteiger partial charge in [-0.05, 0) is 37.6 Å². The Morgan fingerprint density at radius 1 is 1.55 bits per heavy atom. The molecule has 0 bridgehead atoms. The van der Waals surface area contributed by atoms with Crippen molar-refractivity contribution in [3.8, 4) is 0 Å². The topological polar surface area (TPSA) is 41.1 Å². The first-order valence-corrected chi connectivity index (χ1v) is 8.30. The van der Waals surface area contributed by atoms with Crippen LogP contribution in [0.1, 0.15) is 33.1 Å². The van der Waals surface area contributed by atoms with Gasteiger partial charge in [-0.2, -0.15) is 0 Å². The molecule has 1 aromatic rings. The number of nitrogens with one attached hydrogen (secondary N) is 2. The van der Waals surface area contributed by atoms with Gasteiger partial charge in [-0.15, -0.1) is 11.8 Å². The average molecular weight is 313 g/mol. The number of thioether (sulfide) groups is 1. The minimum Gasteiger partial charge on any atom is -0.325 e. The van der Waals surface area contributed by atoms with Gasteiger partial charge in [0.25, 0.3) is 0 Å². The van der Waals surface area contributed by atoms with Gasteiger partial charge < -0.3 is 10.6 Å². The van der Waals surface area contributed by atoms with E-state index in [4.69, 9.17) is 11.6 Å². The third-order valence-electron chi connectivity index (χ3n) is 3.17. The van der Waals surface area contributed by atoms with Crippen molar-refractivity contribution in [1.82, 2.24) is 5.32 Å². The maximum absolute atomic E-state index is 12.1. The fourth-order valence-electron chi connectivity index (χ4n) is 2.31. The Balaban J connectivity index is 2.02. The van der Waals surface area contributed by atoms with Gasteiger partial charge in [0, 0.05) is 27.6 Å². The summed E-state index contributed by atoms with van der Waals surface area (Å²) in [4.78, 5) is 13.2.